The Hall–Kier alpha value is -2.41. The van der Waals surface area contributed by atoms with Crippen LogP contribution in [0.5, 0.6) is 11.5 Å². The summed E-state index contributed by atoms with van der Waals surface area (Å²) in [5.41, 5.74) is 1.14. The Morgan fingerprint density at radius 3 is 2.61 bits per heavy atom. The molecule has 0 spiro atoms. The van der Waals surface area contributed by atoms with E-state index in [1.807, 2.05) is 13.8 Å². The number of aromatic nitrogens is 3. The minimum atomic E-state index is -0.602. The summed E-state index contributed by atoms with van der Waals surface area (Å²) in [7, 11) is 1.54. The van der Waals surface area contributed by atoms with Gasteiger partial charge in [0.1, 0.15) is 17.2 Å². The molecule has 0 atom stereocenters. The Morgan fingerprint density at radius 1 is 1.30 bits per heavy atom. The van der Waals surface area contributed by atoms with Crippen molar-refractivity contribution in [3.05, 3.63) is 23.9 Å². The zero-order chi connectivity index (χ0) is 16.6. The molecule has 1 aliphatic carbocycles. The van der Waals surface area contributed by atoms with Gasteiger partial charge in [0.25, 0.3) is 0 Å². The van der Waals surface area contributed by atoms with Crippen molar-refractivity contribution in [1.29, 1.82) is 0 Å². The smallest absolute Gasteiger partial charge is 0.243 e. The SMILES string of the molecule is COc1ccc(-c2nnc(NC3CC(C)(O)C3)nc2C)c(O)c1. The van der Waals surface area contributed by atoms with Crippen molar-refractivity contribution in [3.63, 3.8) is 0 Å². The van der Waals surface area contributed by atoms with Crippen molar-refractivity contribution in [2.75, 3.05) is 12.4 Å². The summed E-state index contributed by atoms with van der Waals surface area (Å²) >= 11 is 0. The highest BCUT2D eigenvalue weighted by atomic mass is 16.5. The molecule has 3 N–H and O–H groups in total. The lowest BCUT2D eigenvalue weighted by Crippen LogP contribution is -2.48. The third kappa shape index (κ3) is 3.19. The molecule has 1 aromatic carbocycles. The van der Waals surface area contributed by atoms with Crippen LogP contribution in [0, 0.1) is 6.92 Å². The predicted molar refractivity (Wildman–Crippen MR) is 85.5 cm³/mol. The number of aryl methyl sites for hydroxylation is 1. The highest BCUT2D eigenvalue weighted by Gasteiger charge is 2.38. The average molecular weight is 316 g/mol. The van der Waals surface area contributed by atoms with Gasteiger partial charge in [0.05, 0.1) is 18.4 Å². The van der Waals surface area contributed by atoms with Gasteiger partial charge in [0, 0.05) is 17.7 Å². The van der Waals surface area contributed by atoms with E-state index in [4.69, 9.17) is 4.74 Å². The van der Waals surface area contributed by atoms with E-state index in [1.54, 1.807) is 19.2 Å². The van der Waals surface area contributed by atoms with E-state index >= 15 is 0 Å². The molecule has 0 aliphatic heterocycles. The van der Waals surface area contributed by atoms with Gasteiger partial charge in [-0.2, -0.15) is 0 Å². The molecule has 1 saturated carbocycles. The van der Waals surface area contributed by atoms with E-state index in [9.17, 15) is 10.2 Å². The summed E-state index contributed by atoms with van der Waals surface area (Å²) in [4.78, 5) is 4.39. The van der Waals surface area contributed by atoms with Crippen LogP contribution in [0.15, 0.2) is 18.2 Å². The minimum absolute atomic E-state index is 0.0688. The number of nitrogens with one attached hydrogen (secondary N) is 1. The average Bonchev–Trinajstić information content (AvgIpc) is 2.46. The second kappa shape index (κ2) is 5.66. The Bertz CT molecular complexity index is 725. The molecule has 0 unspecified atom stereocenters. The summed E-state index contributed by atoms with van der Waals surface area (Å²) in [6.45, 7) is 3.63. The third-order valence-corrected chi connectivity index (χ3v) is 4.03. The molecule has 0 saturated heterocycles. The molecule has 0 bridgehead atoms. The van der Waals surface area contributed by atoms with Gasteiger partial charge >= 0.3 is 0 Å². The molecular formula is C16H20N4O3. The maximum atomic E-state index is 10.1. The zero-order valence-corrected chi connectivity index (χ0v) is 13.4. The Morgan fingerprint density at radius 2 is 2.04 bits per heavy atom. The van der Waals surface area contributed by atoms with Gasteiger partial charge < -0.3 is 20.3 Å². The van der Waals surface area contributed by atoms with Gasteiger partial charge in [-0.3, -0.25) is 0 Å². The summed E-state index contributed by atoms with van der Waals surface area (Å²) < 4.78 is 5.07. The molecule has 1 aromatic heterocycles. The topological polar surface area (TPSA) is 100 Å². The van der Waals surface area contributed by atoms with Crippen molar-refractivity contribution in [2.24, 2.45) is 0 Å². The molecule has 0 amide bonds. The number of hydrogen-bond acceptors (Lipinski definition) is 7. The van der Waals surface area contributed by atoms with Gasteiger partial charge in [0.2, 0.25) is 5.95 Å². The normalized spacial score (nSPS) is 23.2. The molecule has 2 aromatic rings. The van der Waals surface area contributed by atoms with Gasteiger partial charge in [-0.25, -0.2) is 4.98 Å². The first-order valence-corrected chi connectivity index (χ1v) is 7.45. The highest BCUT2D eigenvalue weighted by Crippen LogP contribution is 2.34. The Labute approximate surface area is 134 Å². The fraction of sp³-hybridized carbons (Fsp3) is 0.438. The number of methoxy groups -OCH3 is 1. The van der Waals surface area contributed by atoms with Crippen molar-refractivity contribution in [1.82, 2.24) is 15.2 Å². The lowest BCUT2D eigenvalue weighted by molar-refractivity contribution is -0.0236. The summed E-state index contributed by atoms with van der Waals surface area (Å²) in [5.74, 6) is 1.07. The first-order chi connectivity index (χ1) is 10.9. The Balaban J connectivity index is 1.80. The minimum Gasteiger partial charge on any atom is -0.507 e. The molecule has 0 radical (unpaired) electrons. The lowest BCUT2D eigenvalue weighted by Gasteiger charge is -2.41. The lowest BCUT2D eigenvalue weighted by atomic mass is 9.77. The molecule has 3 rings (SSSR count). The highest BCUT2D eigenvalue weighted by molar-refractivity contribution is 5.69. The van der Waals surface area contributed by atoms with E-state index in [0.717, 1.165) is 0 Å². The Kier molecular flexibility index (Phi) is 3.81. The second-order valence-electron chi connectivity index (χ2n) is 6.20. The van der Waals surface area contributed by atoms with Crippen molar-refractivity contribution < 1.29 is 14.9 Å². The maximum Gasteiger partial charge on any atom is 0.243 e. The number of nitrogens with zero attached hydrogens (tertiary/aromatic N) is 3. The number of phenolic OH excluding ortho intramolecular Hbond substituents is 1. The van der Waals surface area contributed by atoms with E-state index in [2.05, 4.69) is 20.5 Å². The van der Waals surface area contributed by atoms with Crippen LogP contribution in [0.1, 0.15) is 25.5 Å². The van der Waals surface area contributed by atoms with Crippen LogP contribution in [0.3, 0.4) is 0 Å². The quantitative estimate of drug-likeness (QED) is 0.792. The number of hydrogen-bond donors (Lipinski definition) is 3. The van der Waals surface area contributed by atoms with Gasteiger partial charge in [-0.1, -0.05) is 0 Å². The van der Waals surface area contributed by atoms with Crippen LogP contribution < -0.4 is 10.1 Å². The molecular weight excluding hydrogens is 296 g/mol. The third-order valence-electron chi connectivity index (χ3n) is 4.03. The number of benzene rings is 1. The number of anilines is 1. The van der Waals surface area contributed by atoms with E-state index in [0.29, 0.717) is 41.5 Å². The van der Waals surface area contributed by atoms with Gasteiger partial charge in [0.15, 0.2) is 0 Å². The van der Waals surface area contributed by atoms with E-state index in [-0.39, 0.29) is 11.8 Å². The fourth-order valence-electron chi connectivity index (χ4n) is 2.84. The van der Waals surface area contributed by atoms with Crippen LogP contribution in [0.25, 0.3) is 11.3 Å². The zero-order valence-electron chi connectivity index (χ0n) is 13.4. The molecule has 7 nitrogen and oxygen atoms in total. The largest absolute Gasteiger partial charge is 0.507 e. The molecule has 1 aliphatic rings. The molecule has 7 heteroatoms. The molecule has 1 heterocycles. The molecule has 122 valence electrons. The van der Waals surface area contributed by atoms with Crippen LogP contribution in [-0.4, -0.2) is 44.1 Å². The number of phenols is 1. The fourth-order valence-corrected chi connectivity index (χ4v) is 2.84. The molecule has 23 heavy (non-hydrogen) atoms. The van der Waals surface area contributed by atoms with Gasteiger partial charge in [-0.05, 0) is 38.8 Å². The standard InChI is InChI=1S/C16H20N4O3/c1-9-14(12-5-4-11(23-3)6-13(12)21)19-20-15(17-9)18-10-7-16(2,22)8-10/h4-6,10,21-22H,7-8H2,1-3H3,(H,17,18,20). The number of rotatable bonds is 4. The molecule has 1 fully saturated rings. The van der Waals surface area contributed by atoms with Crippen LogP contribution in [-0.2, 0) is 0 Å². The van der Waals surface area contributed by atoms with Crippen LogP contribution >= 0.6 is 0 Å². The van der Waals surface area contributed by atoms with Crippen LogP contribution in [0.2, 0.25) is 0 Å². The summed E-state index contributed by atoms with van der Waals surface area (Å²) in [6, 6.07) is 5.16. The second-order valence-corrected chi connectivity index (χ2v) is 6.20. The first kappa shape index (κ1) is 15.5. The van der Waals surface area contributed by atoms with E-state index < -0.39 is 5.60 Å². The predicted octanol–water partition coefficient (Wildman–Crippen LogP) is 1.89. The summed E-state index contributed by atoms with van der Waals surface area (Å²) in [5, 5.41) is 31.3. The number of aliphatic hydroxyl groups is 1. The van der Waals surface area contributed by atoms with Crippen molar-refractivity contribution >= 4 is 5.95 Å². The van der Waals surface area contributed by atoms with E-state index in [1.165, 1.54) is 6.07 Å². The maximum absolute atomic E-state index is 10.1. The first-order valence-electron chi connectivity index (χ1n) is 7.45. The van der Waals surface area contributed by atoms with Gasteiger partial charge in [-0.15, -0.1) is 10.2 Å². The van der Waals surface area contributed by atoms with Crippen molar-refractivity contribution in [3.8, 4) is 22.8 Å². The summed E-state index contributed by atoms with van der Waals surface area (Å²) in [6.07, 6.45) is 1.33. The van der Waals surface area contributed by atoms with Crippen LogP contribution in [0.4, 0.5) is 5.95 Å². The van der Waals surface area contributed by atoms with Crippen molar-refractivity contribution in [2.45, 2.75) is 38.3 Å². The number of aromatic hydroxyl groups is 1. The monoisotopic (exact) mass is 316 g/mol. The number of ether oxygens (including phenoxy) is 1.